The molecule has 1 aliphatic carbocycles. The number of nitrogens with zero attached hydrogens (tertiary/aromatic N) is 3. The van der Waals surface area contributed by atoms with Gasteiger partial charge in [0.25, 0.3) is 5.91 Å². The average molecular weight is 552 g/mol. The number of ether oxygens (including phenoxy) is 1. The Hall–Kier alpha value is -3.66. The van der Waals surface area contributed by atoms with Gasteiger partial charge in [-0.15, -0.1) is 0 Å². The summed E-state index contributed by atoms with van der Waals surface area (Å²) in [4.78, 5) is 46.4. The number of hydrogen-bond donors (Lipinski definition) is 3. The Balaban J connectivity index is 1.56. The summed E-state index contributed by atoms with van der Waals surface area (Å²) in [6.07, 6.45) is 8.22. The van der Waals surface area contributed by atoms with Crippen LogP contribution in [0, 0.1) is 5.92 Å². The van der Waals surface area contributed by atoms with E-state index in [2.05, 4.69) is 15.6 Å². The van der Waals surface area contributed by atoms with Gasteiger partial charge in [-0.2, -0.15) is 0 Å². The van der Waals surface area contributed by atoms with Crippen molar-refractivity contribution in [1.29, 1.82) is 0 Å². The van der Waals surface area contributed by atoms with Crippen molar-refractivity contribution in [2.45, 2.75) is 70.6 Å². The van der Waals surface area contributed by atoms with Gasteiger partial charge in [0.05, 0.1) is 25.6 Å². The van der Waals surface area contributed by atoms with Crippen molar-refractivity contribution in [2.24, 2.45) is 5.92 Å². The normalized spacial score (nSPS) is 20.7. The largest absolute Gasteiger partial charge is 0.488 e. The Morgan fingerprint density at radius 3 is 2.60 bits per heavy atom. The molecule has 1 aliphatic heterocycles. The lowest BCUT2D eigenvalue weighted by atomic mass is 9.96. The number of hydrogen-bond acceptors (Lipinski definition) is 6. The molecule has 4 amide bonds. The molecule has 0 saturated heterocycles. The number of pyridine rings is 1. The highest BCUT2D eigenvalue weighted by atomic mass is 16.5. The summed E-state index contributed by atoms with van der Waals surface area (Å²) < 4.78 is 6.51. The summed E-state index contributed by atoms with van der Waals surface area (Å²) in [6, 6.07) is 8.20. The topological polar surface area (TPSA) is 124 Å². The van der Waals surface area contributed by atoms with E-state index in [4.69, 9.17) is 4.74 Å². The van der Waals surface area contributed by atoms with E-state index in [1.54, 1.807) is 59.6 Å². The van der Waals surface area contributed by atoms with Crippen molar-refractivity contribution < 1.29 is 24.2 Å². The zero-order valence-corrected chi connectivity index (χ0v) is 23.6. The molecule has 2 aromatic rings. The first-order valence-electron chi connectivity index (χ1n) is 14.2. The minimum atomic E-state index is -0.405. The van der Waals surface area contributed by atoms with Crippen LogP contribution in [0.25, 0.3) is 0 Å². The first-order chi connectivity index (χ1) is 19.2. The van der Waals surface area contributed by atoms with Gasteiger partial charge in [-0.3, -0.25) is 14.6 Å². The van der Waals surface area contributed by atoms with Crippen LogP contribution in [-0.4, -0.2) is 82.7 Å². The number of fused-ring (bicyclic) bond motifs is 1. The number of carbonyl (C=O) groups excluding carboxylic acids is 3. The van der Waals surface area contributed by atoms with E-state index in [1.807, 2.05) is 13.8 Å². The first kappa shape index (κ1) is 29.3. The lowest BCUT2D eigenvalue weighted by molar-refractivity contribution is -0.134. The number of nitrogens with one attached hydrogen (secondary N) is 2. The fraction of sp³-hybridized carbons (Fsp3) is 0.533. The van der Waals surface area contributed by atoms with Crippen LogP contribution < -0.4 is 15.4 Å². The third kappa shape index (κ3) is 7.50. The van der Waals surface area contributed by atoms with Gasteiger partial charge in [0.2, 0.25) is 5.91 Å². The zero-order chi connectivity index (χ0) is 28.6. The molecule has 1 aromatic heterocycles. The minimum Gasteiger partial charge on any atom is -0.488 e. The van der Waals surface area contributed by atoms with Gasteiger partial charge in [-0.1, -0.05) is 26.2 Å². The van der Waals surface area contributed by atoms with E-state index in [-0.39, 0.29) is 48.9 Å². The highest BCUT2D eigenvalue weighted by Gasteiger charge is 2.32. The smallest absolute Gasteiger partial charge is 0.317 e. The number of benzene rings is 1. The standard InChI is InChI=1S/C30H41N5O5/c1-20-17-35(21(2)19-36)28(37)16-23-15-25(32-29(38)22-11-13-31-14-12-22)9-10-26(23)40-27(20)18-34(3)30(39)33-24-7-5-4-6-8-24/h9-15,20-21,24,27,36H,4-8,16-19H2,1-3H3,(H,32,38)(H,33,39)/t20-,21-,27+/m1/s1. The maximum Gasteiger partial charge on any atom is 0.317 e. The van der Waals surface area contributed by atoms with Gasteiger partial charge in [-0.05, 0) is 50.1 Å². The van der Waals surface area contributed by atoms with Gasteiger partial charge in [0.15, 0.2) is 0 Å². The highest BCUT2D eigenvalue weighted by Crippen LogP contribution is 2.29. The molecule has 2 heterocycles. The van der Waals surface area contributed by atoms with Crippen LogP contribution in [0.3, 0.4) is 0 Å². The lowest BCUT2D eigenvalue weighted by Gasteiger charge is -2.34. The molecular weight excluding hydrogens is 510 g/mol. The molecule has 3 N–H and O–H groups in total. The summed E-state index contributed by atoms with van der Waals surface area (Å²) in [5.74, 6) is -0.0169. The second-order valence-electron chi connectivity index (χ2n) is 11.1. The number of aliphatic hydroxyl groups is 1. The van der Waals surface area contributed by atoms with Gasteiger partial charge in [-0.25, -0.2) is 4.79 Å². The van der Waals surface area contributed by atoms with Crippen LogP contribution >= 0.6 is 0 Å². The molecule has 1 fully saturated rings. The maximum absolute atomic E-state index is 13.4. The van der Waals surface area contributed by atoms with Crippen LogP contribution in [0.4, 0.5) is 10.5 Å². The molecule has 10 nitrogen and oxygen atoms in total. The molecule has 10 heteroatoms. The van der Waals surface area contributed by atoms with Crippen molar-refractivity contribution in [3.8, 4) is 5.75 Å². The monoisotopic (exact) mass is 551 g/mol. The zero-order valence-electron chi connectivity index (χ0n) is 23.6. The van der Waals surface area contributed by atoms with Crippen molar-refractivity contribution in [3.63, 3.8) is 0 Å². The number of rotatable bonds is 7. The first-order valence-corrected chi connectivity index (χ1v) is 14.2. The molecule has 0 bridgehead atoms. The molecule has 216 valence electrons. The predicted octanol–water partition coefficient (Wildman–Crippen LogP) is 3.46. The van der Waals surface area contributed by atoms with E-state index < -0.39 is 6.10 Å². The van der Waals surface area contributed by atoms with Gasteiger partial charge < -0.3 is 30.3 Å². The fourth-order valence-electron chi connectivity index (χ4n) is 5.32. The lowest BCUT2D eigenvalue weighted by Crippen LogP contribution is -2.50. The number of likely N-dealkylation sites (N-methyl/N-ethyl adjacent to an activating group) is 1. The van der Waals surface area contributed by atoms with Crippen molar-refractivity contribution >= 4 is 23.5 Å². The summed E-state index contributed by atoms with van der Waals surface area (Å²) in [7, 11) is 1.76. The van der Waals surface area contributed by atoms with Crippen molar-refractivity contribution in [3.05, 3.63) is 53.9 Å². The number of aromatic nitrogens is 1. The van der Waals surface area contributed by atoms with E-state index in [1.165, 1.54) is 6.42 Å². The molecule has 0 spiro atoms. The molecule has 3 atom stereocenters. The van der Waals surface area contributed by atoms with Crippen molar-refractivity contribution in [1.82, 2.24) is 20.1 Å². The van der Waals surface area contributed by atoms with Crippen LogP contribution in [0.2, 0.25) is 0 Å². The number of aliphatic hydroxyl groups excluding tert-OH is 1. The number of carbonyl (C=O) groups is 3. The Bertz CT molecular complexity index is 1170. The third-order valence-electron chi connectivity index (χ3n) is 7.85. The van der Waals surface area contributed by atoms with Crippen LogP contribution in [-0.2, 0) is 11.2 Å². The van der Waals surface area contributed by atoms with Gasteiger partial charge in [0.1, 0.15) is 11.9 Å². The average Bonchev–Trinajstić information content (AvgIpc) is 3.01. The summed E-state index contributed by atoms with van der Waals surface area (Å²) in [5, 5.41) is 15.9. The number of amides is 4. The maximum atomic E-state index is 13.4. The summed E-state index contributed by atoms with van der Waals surface area (Å²) in [5.41, 5.74) is 1.63. The molecule has 40 heavy (non-hydrogen) atoms. The molecule has 1 saturated carbocycles. The quantitative estimate of drug-likeness (QED) is 0.484. The molecule has 1 aromatic carbocycles. The third-order valence-corrected chi connectivity index (χ3v) is 7.85. The number of anilines is 1. The molecule has 4 rings (SSSR count). The Morgan fingerprint density at radius 1 is 1.18 bits per heavy atom. The van der Waals surface area contributed by atoms with Crippen LogP contribution in [0.1, 0.15) is 61.9 Å². The molecule has 2 aliphatic rings. The van der Waals surface area contributed by atoms with E-state index in [9.17, 15) is 19.5 Å². The Morgan fingerprint density at radius 2 is 1.90 bits per heavy atom. The second kappa shape index (κ2) is 13.6. The highest BCUT2D eigenvalue weighted by molar-refractivity contribution is 6.04. The summed E-state index contributed by atoms with van der Waals surface area (Å²) >= 11 is 0. The molecule has 0 radical (unpaired) electrons. The van der Waals surface area contributed by atoms with Gasteiger partial charge in [0, 0.05) is 54.8 Å². The number of urea groups is 1. The fourth-order valence-corrected chi connectivity index (χ4v) is 5.32. The Labute approximate surface area is 236 Å². The second-order valence-corrected chi connectivity index (χ2v) is 11.1. The predicted molar refractivity (Wildman–Crippen MR) is 152 cm³/mol. The SMILES string of the molecule is C[C@@H]1CN([C@H](C)CO)C(=O)Cc2cc(NC(=O)c3ccncc3)ccc2O[C@H]1CN(C)C(=O)NC1CCCCC1. The summed E-state index contributed by atoms with van der Waals surface area (Å²) in [6.45, 7) is 4.35. The minimum absolute atomic E-state index is 0.0517. The molecule has 0 unspecified atom stereocenters. The van der Waals surface area contributed by atoms with Gasteiger partial charge >= 0.3 is 6.03 Å². The van der Waals surface area contributed by atoms with Crippen LogP contribution in [0.5, 0.6) is 5.75 Å². The van der Waals surface area contributed by atoms with E-state index in [0.29, 0.717) is 35.7 Å². The van der Waals surface area contributed by atoms with Crippen LogP contribution in [0.15, 0.2) is 42.7 Å². The van der Waals surface area contributed by atoms with E-state index >= 15 is 0 Å². The Kier molecular flexibility index (Phi) is 9.98. The molecular formula is C30H41N5O5. The van der Waals surface area contributed by atoms with E-state index in [0.717, 1.165) is 25.7 Å². The van der Waals surface area contributed by atoms with Crippen molar-refractivity contribution in [2.75, 3.05) is 32.1 Å².